The Balaban J connectivity index is 1.66. The molecule has 0 N–H and O–H groups in total. The number of carbonyl (C=O) groups excluding carboxylic acids is 1. The molecule has 0 bridgehead atoms. The van der Waals surface area contributed by atoms with E-state index in [1.165, 1.54) is 0 Å². The first-order chi connectivity index (χ1) is 10.2. The number of ketones is 1. The second-order valence-electron chi connectivity index (χ2n) is 5.49. The van der Waals surface area contributed by atoms with Crippen molar-refractivity contribution in [1.29, 1.82) is 0 Å². The zero-order valence-corrected chi connectivity index (χ0v) is 12.5. The molecule has 5 heteroatoms. The van der Waals surface area contributed by atoms with Crippen LogP contribution < -0.4 is 0 Å². The summed E-state index contributed by atoms with van der Waals surface area (Å²) in [5, 5.41) is 4.69. The van der Waals surface area contributed by atoms with Crippen LogP contribution >= 0.6 is 11.6 Å². The van der Waals surface area contributed by atoms with Gasteiger partial charge in [-0.3, -0.25) is 4.79 Å². The minimum Gasteiger partial charge on any atom is -0.339 e. The molecule has 0 spiro atoms. The zero-order valence-electron chi connectivity index (χ0n) is 11.7. The molecule has 0 saturated heterocycles. The van der Waals surface area contributed by atoms with E-state index in [1.54, 1.807) is 0 Å². The van der Waals surface area contributed by atoms with Crippen molar-refractivity contribution in [2.24, 2.45) is 5.92 Å². The van der Waals surface area contributed by atoms with Gasteiger partial charge < -0.3 is 4.52 Å². The van der Waals surface area contributed by atoms with Crippen LogP contribution in [0.5, 0.6) is 0 Å². The molecule has 4 nitrogen and oxygen atoms in total. The summed E-state index contributed by atoms with van der Waals surface area (Å²) in [6.45, 7) is 0. The molecule has 1 heterocycles. The van der Waals surface area contributed by atoms with Gasteiger partial charge in [-0.05, 0) is 24.5 Å². The van der Waals surface area contributed by atoms with E-state index < -0.39 is 0 Å². The second-order valence-corrected chi connectivity index (χ2v) is 5.89. The molecule has 21 heavy (non-hydrogen) atoms. The molecule has 1 saturated carbocycles. The molecule has 1 aliphatic rings. The van der Waals surface area contributed by atoms with Crippen molar-refractivity contribution >= 4 is 17.4 Å². The third-order valence-electron chi connectivity index (χ3n) is 3.92. The molecule has 1 fully saturated rings. The Kier molecular flexibility index (Phi) is 4.34. The van der Waals surface area contributed by atoms with Crippen molar-refractivity contribution in [2.45, 2.75) is 38.5 Å². The van der Waals surface area contributed by atoms with E-state index in [-0.39, 0.29) is 5.92 Å². The molecule has 1 aromatic heterocycles. The van der Waals surface area contributed by atoms with Gasteiger partial charge in [0, 0.05) is 30.2 Å². The van der Waals surface area contributed by atoms with E-state index in [4.69, 9.17) is 16.1 Å². The minimum absolute atomic E-state index is 0.0485. The normalized spacial score (nSPS) is 18.9. The lowest BCUT2D eigenvalue weighted by Gasteiger charge is -2.18. The molecule has 0 aliphatic heterocycles. The Bertz CT molecular complexity index is 639. The van der Waals surface area contributed by atoms with E-state index >= 15 is 0 Å². The highest BCUT2D eigenvalue weighted by Gasteiger charge is 2.24. The lowest BCUT2D eigenvalue weighted by Crippen LogP contribution is -2.21. The Morgan fingerprint density at radius 3 is 2.95 bits per heavy atom. The summed E-state index contributed by atoms with van der Waals surface area (Å²) in [4.78, 5) is 16.2. The van der Waals surface area contributed by atoms with Crippen molar-refractivity contribution in [2.75, 3.05) is 0 Å². The second kappa shape index (κ2) is 6.39. The van der Waals surface area contributed by atoms with Gasteiger partial charge in [0.2, 0.25) is 5.89 Å². The molecule has 2 aromatic rings. The topological polar surface area (TPSA) is 56.0 Å². The summed E-state index contributed by atoms with van der Waals surface area (Å²) in [7, 11) is 0. The first kappa shape index (κ1) is 14.3. The van der Waals surface area contributed by atoms with Gasteiger partial charge in [-0.15, -0.1) is 0 Å². The average Bonchev–Trinajstić information content (AvgIpc) is 2.91. The summed E-state index contributed by atoms with van der Waals surface area (Å²) in [5.74, 6) is 1.54. The Hall–Kier alpha value is -1.68. The quantitative estimate of drug-likeness (QED) is 0.865. The van der Waals surface area contributed by atoms with Crippen LogP contribution in [0.25, 0.3) is 0 Å². The van der Waals surface area contributed by atoms with E-state index in [0.29, 0.717) is 41.8 Å². The average molecular weight is 305 g/mol. The summed E-state index contributed by atoms with van der Waals surface area (Å²) in [6.07, 6.45) is 4.84. The molecular weight excluding hydrogens is 288 g/mol. The highest BCUT2D eigenvalue weighted by molar-refractivity contribution is 6.31. The number of rotatable bonds is 4. The standard InChI is InChI=1S/C16H17ClN2O2/c17-13-7-3-1-5-11(13)9-15-18-16(21-19-15)10-12-6-2-4-8-14(12)20/h1,3,5,7,12H,2,4,6,8-10H2. The van der Waals surface area contributed by atoms with Gasteiger partial charge in [0.1, 0.15) is 5.78 Å². The number of hydrogen-bond donors (Lipinski definition) is 0. The van der Waals surface area contributed by atoms with Gasteiger partial charge in [-0.25, -0.2) is 0 Å². The van der Waals surface area contributed by atoms with Crippen LogP contribution in [-0.2, 0) is 17.6 Å². The van der Waals surface area contributed by atoms with Crippen molar-refractivity contribution in [3.8, 4) is 0 Å². The van der Waals surface area contributed by atoms with Crippen LogP contribution in [0.3, 0.4) is 0 Å². The fraction of sp³-hybridized carbons (Fsp3) is 0.438. The van der Waals surface area contributed by atoms with E-state index in [2.05, 4.69) is 10.1 Å². The van der Waals surface area contributed by atoms with Crippen molar-refractivity contribution in [3.05, 3.63) is 46.6 Å². The first-order valence-corrected chi connectivity index (χ1v) is 7.68. The molecular formula is C16H17ClN2O2. The third-order valence-corrected chi connectivity index (χ3v) is 4.29. The Morgan fingerprint density at radius 1 is 1.29 bits per heavy atom. The predicted octanol–water partition coefficient (Wildman–Crippen LogP) is 3.62. The molecule has 1 unspecified atom stereocenters. The van der Waals surface area contributed by atoms with Crippen molar-refractivity contribution in [3.63, 3.8) is 0 Å². The van der Waals surface area contributed by atoms with Gasteiger partial charge >= 0.3 is 0 Å². The largest absolute Gasteiger partial charge is 0.339 e. The van der Waals surface area contributed by atoms with Crippen molar-refractivity contribution in [1.82, 2.24) is 10.1 Å². The van der Waals surface area contributed by atoms with Crippen LogP contribution in [-0.4, -0.2) is 15.9 Å². The van der Waals surface area contributed by atoms with Crippen LogP contribution in [0.1, 0.15) is 43.0 Å². The maximum Gasteiger partial charge on any atom is 0.227 e. The van der Waals surface area contributed by atoms with Gasteiger partial charge in [0.05, 0.1) is 0 Å². The number of hydrogen-bond acceptors (Lipinski definition) is 4. The summed E-state index contributed by atoms with van der Waals surface area (Å²) < 4.78 is 5.27. The Morgan fingerprint density at radius 2 is 2.14 bits per heavy atom. The smallest absolute Gasteiger partial charge is 0.227 e. The van der Waals surface area contributed by atoms with Gasteiger partial charge in [-0.2, -0.15) is 4.98 Å². The number of halogens is 1. The van der Waals surface area contributed by atoms with Crippen LogP contribution in [0.2, 0.25) is 5.02 Å². The van der Waals surface area contributed by atoms with Crippen LogP contribution in [0.15, 0.2) is 28.8 Å². The molecule has 1 atom stereocenters. The number of aromatic nitrogens is 2. The highest BCUT2D eigenvalue weighted by atomic mass is 35.5. The summed E-state index contributed by atoms with van der Waals surface area (Å²) in [6, 6.07) is 7.62. The summed E-state index contributed by atoms with van der Waals surface area (Å²) in [5.41, 5.74) is 0.972. The number of nitrogens with zero attached hydrogens (tertiary/aromatic N) is 2. The number of Topliss-reactive ketones (excluding diaryl/α,β-unsaturated/α-hetero) is 1. The van der Waals surface area contributed by atoms with Crippen LogP contribution in [0.4, 0.5) is 0 Å². The van der Waals surface area contributed by atoms with Crippen molar-refractivity contribution < 1.29 is 9.32 Å². The maximum absolute atomic E-state index is 11.8. The molecule has 110 valence electrons. The molecule has 0 radical (unpaired) electrons. The van der Waals surface area contributed by atoms with Gasteiger partial charge in [0.15, 0.2) is 5.82 Å². The molecule has 1 aromatic carbocycles. The van der Waals surface area contributed by atoms with E-state index in [9.17, 15) is 4.79 Å². The maximum atomic E-state index is 11.8. The number of carbonyl (C=O) groups is 1. The van der Waals surface area contributed by atoms with E-state index in [1.807, 2.05) is 24.3 Å². The van der Waals surface area contributed by atoms with Gasteiger partial charge in [0.25, 0.3) is 0 Å². The lowest BCUT2D eigenvalue weighted by molar-refractivity contribution is -0.124. The fourth-order valence-electron chi connectivity index (χ4n) is 2.74. The molecule has 1 aliphatic carbocycles. The summed E-state index contributed by atoms with van der Waals surface area (Å²) >= 11 is 6.12. The first-order valence-electron chi connectivity index (χ1n) is 7.30. The number of benzene rings is 1. The van der Waals surface area contributed by atoms with Gasteiger partial charge in [-0.1, -0.05) is 41.4 Å². The molecule has 0 amide bonds. The zero-order chi connectivity index (χ0) is 14.7. The third kappa shape index (κ3) is 3.50. The monoisotopic (exact) mass is 304 g/mol. The predicted molar refractivity (Wildman–Crippen MR) is 79.2 cm³/mol. The van der Waals surface area contributed by atoms with Crippen LogP contribution in [0, 0.1) is 5.92 Å². The fourth-order valence-corrected chi connectivity index (χ4v) is 2.94. The Labute approximate surface area is 128 Å². The minimum atomic E-state index is 0.0485. The SMILES string of the molecule is O=C1CCCCC1Cc1nc(Cc2ccccc2Cl)no1. The molecule has 3 rings (SSSR count). The lowest BCUT2D eigenvalue weighted by atomic mass is 9.86. The van der Waals surface area contributed by atoms with E-state index in [0.717, 1.165) is 24.8 Å². The highest BCUT2D eigenvalue weighted by Crippen LogP contribution is 2.24.